The maximum Gasteiger partial charge on any atom is 0.311 e. The highest BCUT2D eigenvalue weighted by atomic mass is 16.4. The van der Waals surface area contributed by atoms with E-state index in [2.05, 4.69) is 22.2 Å². The summed E-state index contributed by atoms with van der Waals surface area (Å²) in [7, 11) is 0. The van der Waals surface area contributed by atoms with Crippen molar-refractivity contribution in [1.29, 1.82) is 0 Å². The Kier molecular flexibility index (Phi) is 3.87. The zero-order chi connectivity index (χ0) is 13.9. The van der Waals surface area contributed by atoms with Gasteiger partial charge in [0.15, 0.2) is 5.82 Å². The van der Waals surface area contributed by atoms with Crippen molar-refractivity contribution in [2.75, 3.05) is 11.9 Å². The molecule has 0 saturated heterocycles. The van der Waals surface area contributed by atoms with Crippen molar-refractivity contribution in [3.05, 3.63) is 22.7 Å². The predicted molar refractivity (Wildman–Crippen MR) is 71.0 cm³/mol. The number of rotatable bonds is 4. The van der Waals surface area contributed by atoms with Gasteiger partial charge in [0, 0.05) is 18.9 Å². The van der Waals surface area contributed by atoms with Crippen molar-refractivity contribution in [3.63, 3.8) is 0 Å². The van der Waals surface area contributed by atoms with E-state index in [1.165, 1.54) is 12.4 Å². The normalized spacial score (nSPS) is 26.9. The van der Waals surface area contributed by atoms with Gasteiger partial charge >= 0.3 is 5.97 Å². The monoisotopic (exact) mass is 265 g/mol. The number of carboxylic acid groups (broad SMARTS) is 1. The quantitative estimate of drug-likeness (QED) is 0.766. The Morgan fingerprint density at radius 2 is 2.26 bits per heavy atom. The summed E-state index contributed by atoms with van der Waals surface area (Å²) in [6.45, 7) is 2.39. The lowest BCUT2D eigenvalue weighted by Gasteiger charge is -2.35. The van der Waals surface area contributed by atoms with Gasteiger partial charge in [0.2, 0.25) is 0 Å². The lowest BCUT2D eigenvalue weighted by atomic mass is 9.71. The first kappa shape index (κ1) is 13.6. The standard InChI is InChI=1S/C13H19N3O3/c1-9-2-4-13(5-3-9,12(18)19)8-16-10-11(17)15-7-6-14-10/h6-7,9H,2-5,8H2,1H3,(H,14,16)(H,15,17)(H,18,19). The van der Waals surface area contributed by atoms with Crippen LogP contribution in [-0.4, -0.2) is 27.6 Å². The Balaban J connectivity index is 2.08. The molecule has 1 aromatic heterocycles. The van der Waals surface area contributed by atoms with Gasteiger partial charge in [-0.15, -0.1) is 0 Å². The van der Waals surface area contributed by atoms with Gasteiger partial charge in [-0.2, -0.15) is 0 Å². The first-order chi connectivity index (χ1) is 9.03. The summed E-state index contributed by atoms with van der Waals surface area (Å²) >= 11 is 0. The second-order valence-electron chi connectivity index (χ2n) is 5.39. The minimum absolute atomic E-state index is 0.182. The number of anilines is 1. The fourth-order valence-corrected chi connectivity index (χ4v) is 2.51. The highest BCUT2D eigenvalue weighted by Crippen LogP contribution is 2.39. The number of nitrogens with zero attached hydrogens (tertiary/aromatic N) is 1. The van der Waals surface area contributed by atoms with Crippen molar-refractivity contribution in [1.82, 2.24) is 9.97 Å². The summed E-state index contributed by atoms with van der Waals surface area (Å²) in [6, 6.07) is 0. The Hall–Kier alpha value is -1.85. The molecule has 19 heavy (non-hydrogen) atoms. The average Bonchev–Trinajstić information content (AvgIpc) is 2.40. The van der Waals surface area contributed by atoms with E-state index in [4.69, 9.17) is 0 Å². The van der Waals surface area contributed by atoms with Crippen LogP contribution in [0.3, 0.4) is 0 Å². The van der Waals surface area contributed by atoms with Crippen molar-refractivity contribution in [2.24, 2.45) is 11.3 Å². The molecule has 1 aromatic rings. The maximum absolute atomic E-state index is 11.5. The molecule has 2 rings (SSSR count). The maximum atomic E-state index is 11.5. The van der Waals surface area contributed by atoms with Gasteiger partial charge in [-0.05, 0) is 31.6 Å². The summed E-state index contributed by atoms with van der Waals surface area (Å²) in [6.07, 6.45) is 6.02. The van der Waals surface area contributed by atoms with Crippen LogP contribution in [0.5, 0.6) is 0 Å². The Labute approximate surface area is 111 Å². The van der Waals surface area contributed by atoms with Crippen LogP contribution in [0, 0.1) is 11.3 Å². The zero-order valence-electron chi connectivity index (χ0n) is 11.0. The molecule has 104 valence electrons. The van der Waals surface area contributed by atoms with E-state index in [1.807, 2.05) is 0 Å². The lowest BCUT2D eigenvalue weighted by Crippen LogP contribution is -2.41. The van der Waals surface area contributed by atoms with E-state index in [1.54, 1.807) is 0 Å². The molecule has 1 aliphatic carbocycles. The number of carbonyl (C=O) groups is 1. The van der Waals surface area contributed by atoms with Gasteiger partial charge in [-0.1, -0.05) is 6.92 Å². The average molecular weight is 265 g/mol. The number of aromatic amines is 1. The van der Waals surface area contributed by atoms with Crippen molar-refractivity contribution >= 4 is 11.8 Å². The van der Waals surface area contributed by atoms with Crippen molar-refractivity contribution in [3.8, 4) is 0 Å². The molecular weight excluding hydrogens is 246 g/mol. The van der Waals surface area contributed by atoms with E-state index in [0.717, 1.165) is 12.8 Å². The van der Waals surface area contributed by atoms with Crippen LogP contribution in [0.2, 0.25) is 0 Å². The summed E-state index contributed by atoms with van der Waals surface area (Å²) < 4.78 is 0. The lowest BCUT2D eigenvalue weighted by molar-refractivity contribution is -0.150. The molecule has 0 aromatic carbocycles. The van der Waals surface area contributed by atoms with Crippen LogP contribution in [0.4, 0.5) is 5.82 Å². The van der Waals surface area contributed by atoms with Crippen LogP contribution in [0.1, 0.15) is 32.6 Å². The molecule has 1 aliphatic rings. The van der Waals surface area contributed by atoms with Crippen molar-refractivity contribution < 1.29 is 9.90 Å². The van der Waals surface area contributed by atoms with E-state index in [-0.39, 0.29) is 17.9 Å². The van der Waals surface area contributed by atoms with Gasteiger partial charge in [0.1, 0.15) is 0 Å². The third-order valence-corrected chi connectivity index (χ3v) is 3.99. The summed E-state index contributed by atoms with van der Waals surface area (Å²) in [5, 5.41) is 12.4. The molecule has 0 spiro atoms. The molecule has 1 fully saturated rings. The molecule has 0 radical (unpaired) electrons. The minimum Gasteiger partial charge on any atom is -0.481 e. The Bertz CT molecular complexity index is 504. The van der Waals surface area contributed by atoms with Gasteiger partial charge < -0.3 is 15.4 Å². The van der Waals surface area contributed by atoms with Crippen LogP contribution in [0.25, 0.3) is 0 Å². The number of hydrogen-bond donors (Lipinski definition) is 3. The topological polar surface area (TPSA) is 95.1 Å². The first-order valence-electron chi connectivity index (χ1n) is 6.54. The molecule has 0 aliphatic heterocycles. The predicted octanol–water partition coefficient (Wildman–Crippen LogP) is 1.46. The number of hydrogen-bond acceptors (Lipinski definition) is 4. The molecule has 0 bridgehead atoms. The van der Waals surface area contributed by atoms with Crippen LogP contribution >= 0.6 is 0 Å². The Morgan fingerprint density at radius 1 is 1.58 bits per heavy atom. The van der Waals surface area contributed by atoms with Gasteiger partial charge in [0.25, 0.3) is 5.56 Å². The van der Waals surface area contributed by atoms with E-state index in [0.29, 0.717) is 18.8 Å². The SMILES string of the molecule is CC1CCC(CNc2ncc[nH]c2=O)(C(=O)O)CC1. The molecule has 6 heteroatoms. The first-order valence-corrected chi connectivity index (χ1v) is 6.54. The van der Waals surface area contributed by atoms with Crippen LogP contribution in [0.15, 0.2) is 17.2 Å². The summed E-state index contributed by atoms with van der Waals surface area (Å²) in [5.41, 5.74) is -1.11. The van der Waals surface area contributed by atoms with E-state index < -0.39 is 11.4 Å². The van der Waals surface area contributed by atoms with E-state index in [9.17, 15) is 14.7 Å². The van der Waals surface area contributed by atoms with E-state index >= 15 is 0 Å². The third kappa shape index (κ3) is 2.94. The van der Waals surface area contributed by atoms with Gasteiger partial charge in [-0.25, -0.2) is 4.98 Å². The van der Waals surface area contributed by atoms with Gasteiger partial charge in [0.05, 0.1) is 5.41 Å². The highest BCUT2D eigenvalue weighted by Gasteiger charge is 2.41. The molecule has 3 N–H and O–H groups in total. The molecular formula is C13H19N3O3. The van der Waals surface area contributed by atoms with Crippen LogP contribution in [-0.2, 0) is 4.79 Å². The largest absolute Gasteiger partial charge is 0.481 e. The molecule has 1 saturated carbocycles. The second-order valence-corrected chi connectivity index (χ2v) is 5.39. The van der Waals surface area contributed by atoms with Gasteiger partial charge in [-0.3, -0.25) is 9.59 Å². The molecule has 1 heterocycles. The fourth-order valence-electron chi connectivity index (χ4n) is 2.51. The summed E-state index contributed by atoms with van der Waals surface area (Å²) in [5.74, 6) is -0.0354. The second kappa shape index (κ2) is 5.42. The molecule has 0 amide bonds. The fraction of sp³-hybridized carbons (Fsp3) is 0.615. The summed E-state index contributed by atoms with van der Waals surface area (Å²) in [4.78, 5) is 29.5. The molecule has 0 unspecified atom stereocenters. The van der Waals surface area contributed by atoms with Crippen molar-refractivity contribution in [2.45, 2.75) is 32.6 Å². The number of aliphatic carboxylic acids is 1. The number of carboxylic acids is 1. The smallest absolute Gasteiger partial charge is 0.311 e. The third-order valence-electron chi connectivity index (χ3n) is 3.99. The number of nitrogens with one attached hydrogen (secondary N) is 2. The minimum atomic E-state index is -0.792. The number of H-pyrrole nitrogens is 1. The molecule has 6 nitrogen and oxygen atoms in total. The highest BCUT2D eigenvalue weighted by molar-refractivity contribution is 5.75. The zero-order valence-corrected chi connectivity index (χ0v) is 11.0. The van der Waals surface area contributed by atoms with Crippen LogP contribution < -0.4 is 10.9 Å². The number of aromatic nitrogens is 2. The molecule has 0 atom stereocenters. The Morgan fingerprint density at radius 3 is 2.84 bits per heavy atom.